The molecule has 2 aromatic carbocycles. The molecule has 0 radical (unpaired) electrons. The van der Waals surface area contributed by atoms with Gasteiger partial charge in [0.15, 0.2) is 0 Å². The Morgan fingerprint density at radius 3 is 2.48 bits per heavy atom. The Balaban J connectivity index is 2.01. The molecule has 2 rings (SSSR count). The zero-order valence-corrected chi connectivity index (χ0v) is 12.9. The molecule has 0 spiro atoms. The van der Waals surface area contributed by atoms with Gasteiger partial charge in [0.25, 0.3) is 5.69 Å². The first-order chi connectivity index (χ1) is 11.0. The van der Waals surface area contributed by atoms with Crippen LogP contribution in [0.15, 0.2) is 54.6 Å². The maximum atomic E-state index is 11.9. The van der Waals surface area contributed by atoms with Crippen molar-refractivity contribution >= 4 is 29.0 Å². The van der Waals surface area contributed by atoms with Crippen LogP contribution in [0.1, 0.15) is 5.56 Å². The quantitative estimate of drug-likeness (QED) is 0.522. The monoisotopic (exact) mass is 311 g/mol. The van der Waals surface area contributed by atoms with Gasteiger partial charge in [0.05, 0.1) is 4.92 Å². The van der Waals surface area contributed by atoms with Gasteiger partial charge in [0.1, 0.15) is 0 Å². The number of benzene rings is 2. The highest BCUT2D eigenvalue weighted by atomic mass is 16.6. The van der Waals surface area contributed by atoms with Gasteiger partial charge in [0.2, 0.25) is 5.91 Å². The van der Waals surface area contributed by atoms with Crippen molar-refractivity contribution in [1.82, 2.24) is 0 Å². The van der Waals surface area contributed by atoms with Crippen molar-refractivity contribution < 1.29 is 9.72 Å². The van der Waals surface area contributed by atoms with Crippen molar-refractivity contribution in [2.45, 2.75) is 0 Å². The highest BCUT2D eigenvalue weighted by molar-refractivity contribution is 6.02. The Morgan fingerprint density at radius 1 is 1.17 bits per heavy atom. The van der Waals surface area contributed by atoms with E-state index >= 15 is 0 Å². The first-order valence-electron chi connectivity index (χ1n) is 6.96. The number of rotatable bonds is 5. The van der Waals surface area contributed by atoms with Gasteiger partial charge in [0, 0.05) is 43.7 Å². The summed E-state index contributed by atoms with van der Waals surface area (Å²) in [5.41, 5.74) is 2.31. The molecule has 0 heterocycles. The van der Waals surface area contributed by atoms with Crippen LogP contribution in [0.5, 0.6) is 0 Å². The van der Waals surface area contributed by atoms with Crippen LogP contribution in [0, 0.1) is 10.1 Å². The van der Waals surface area contributed by atoms with Gasteiger partial charge in [-0.1, -0.05) is 12.1 Å². The maximum absolute atomic E-state index is 11.9. The van der Waals surface area contributed by atoms with Gasteiger partial charge in [-0.15, -0.1) is 0 Å². The van der Waals surface area contributed by atoms with Crippen molar-refractivity contribution in [3.63, 3.8) is 0 Å². The summed E-state index contributed by atoms with van der Waals surface area (Å²) in [4.78, 5) is 24.1. The fraction of sp³-hybridized carbons (Fsp3) is 0.118. The number of carbonyl (C=O) groups excluding carboxylic acids is 1. The van der Waals surface area contributed by atoms with E-state index in [1.54, 1.807) is 12.1 Å². The molecule has 0 aliphatic heterocycles. The molecule has 2 aromatic rings. The van der Waals surface area contributed by atoms with Gasteiger partial charge in [-0.2, -0.15) is 0 Å². The Morgan fingerprint density at radius 2 is 1.87 bits per heavy atom. The second kappa shape index (κ2) is 7.22. The lowest BCUT2D eigenvalue weighted by Gasteiger charge is -2.12. The van der Waals surface area contributed by atoms with E-state index < -0.39 is 4.92 Å². The molecule has 0 unspecified atom stereocenters. The molecule has 0 fully saturated rings. The lowest BCUT2D eigenvalue weighted by atomic mass is 10.2. The Hall–Kier alpha value is -3.15. The number of nitrogens with one attached hydrogen (secondary N) is 1. The van der Waals surface area contributed by atoms with Crippen molar-refractivity contribution in [2.75, 3.05) is 24.3 Å². The smallest absolute Gasteiger partial charge is 0.270 e. The Labute approximate surface area is 134 Å². The van der Waals surface area contributed by atoms with Crippen LogP contribution >= 0.6 is 0 Å². The normalized spacial score (nSPS) is 10.5. The molecule has 23 heavy (non-hydrogen) atoms. The third kappa shape index (κ3) is 4.67. The van der Waals surface area contributed by atoms with E-state index in [2.05, 4.69) is 5.32 Å². The van der Waals surface area contributed by atoms with Crippen LogP contribution in [-0.2, 0) is 4.79 Å². The van der Waals surface area contributed by atoms with E-state index in [0.717, 1.165) is 5.69 Å². The molecule has 0 aliphatic rings. The molecule has 0 aromatic heterocycles. The van der Waals surface area contributed by atoms with Gasteiger partial charge in [-0.05, 0) is 35.9 Å². The summed E-state index contributed by atoms with van der Waals surface area (Å²) >= 11 is 0. The summed E-state index contributed by atoms with van der Waals surface area (Å²) < 4.78 is 0. The van der Waals surface area contributed by atoms with E-state index in [0.29, 0.717) is 11.3 Å². The summed E-state index contributed by atoms with van der Waals surface area (Å²) in [6, 6.07) is 13.5. The summed E-state index contributed by atoms with van der Waals surface area (Å²) in [7, 11) is 3.88. The second-order valence-corrected chi connectivity index (χ2v) is 5.12. The molecule has 0 bridgehead atoms. The fourth-order valence-corrected chi connectivity index (χ4v) is 1.94. The molecule has 6 heteroatoms. The van der Waals surface area contributed by atoms with Crippen LogP contribution in [-0.4, -0.2) is 24.9 Å². The first-order valence-corrected chi connectivity index (χ1v) is 6.96. The molecule has 0 saturated heterocycles. The molecule has 0 atom stereocenters. The predicted octanol–water partition coefficient (Wildman–Crippen LogP) is 3.31. The van der Waals surface area contributed by atoms with Gasteiger partial charge in [-0.3, -0.25) is 14.9 Å². The van der Waals surface area contributed by atoms with Crippen LogP contribution in [0.25, 0.3) is 6.08 Å². The Bertz CT molecular complexity index is 737. The summed E-state index contributed by atoms with van der Waals surface area (Å²) in [5, 5.41) is 13.4. The molecular formula is C17H17N3O3. The zero-order valence-electron chi connectivity index (χ0n) is 12.9. The van der Waals surface area contributed by atoms with Crippen LogP contribution in [0.3, 0.4) is 0 Å². The predicted molar refractivity (Wildman–Crippen MR) is 91.5 cm³/mol. The number of nitro groups is 1. The van der Waals surface area contributed by atoms with E-state index in [-0.39, 0.29) is 11.6 Å². The minimum absolute atomic E-state index is 0.00756. The summed E-state index contributed by atoms with van der Waals surface area (Å²) in [5.74, 6) is -0.297. The number of hydrogen-bond donors (Lipinski definition) is 1. The number of nitrogens with zero attached hydrogens (tertiary/aromatic N) is 2. The molecule has 1 N–H and O–H groups in total. The number of hydrogen-bond acceptors (Lipinski definition) is 4. The molecule has 0 saturated carbocycles. The average Bonchev–Trinajstić information content (AvgIpc) is 2.53. The van der Waals surface area contributed by atoms with Crippen molar-refractivity contribution in [1.29, 1.82) is 0 Å². The number of carbonyl (C=O) groups is 1. The number of amides is 1. The van der Waals surface area contributed by atoms with Gasteiger partial charge in [-0.25, -0.2) is 0 Å². The van der Waals surface area contributed by atoms with Crippen LogP contribution < -0.4 is 10.2 Å². The Kier molecular flexibility index (Phi) is 5.09. The molecule has 118 valence electrons. The average molecular weight is 311 g/mol. The molecular weight excluding hydrogens is 294 g/mol. The highest BCUT2D eigenvalue weighted by Gasteiger charge is 2.04. The third-order valence-electron chi connectivity index (χ3n) is 3.16. The lowest BCUT2D eigenvalue weighted by molar-refractivity contribution is -0.384. The highest BCUT2D eigenvalue weighted by Crippen LogP contribution is 2.16. The SMILES string of the molecule is CN(C)c1ccc(NC(=O)C=Cc2cccc([N+](=O)[O-])c2)cc1. The number of anilines is 2. The summed E-state index contributed by atoms with van der Waals surface area (Å²) in [6.45, 7) is 0. The largest absolute Gasteiger partial charge is 0.378 e. The van der Waals surface area contributed by atoms with Gasteiger partial charge >= 0.3 is 0 Å². The van der Waals surface area contributed by atoms with Crippen molar-refractivity contribution in [3.8, 4) is 0 Å². The molecule has 1 amide bonds. The maximum Gasteiger partial charge on any atom is 0.270 e. The number of nitro benzene ring substituents is 1. The molecule has 6 nitrogen and oxygen atoms in total. The molecule has 0 aliphatic carbocycles. The van der Waals surface area contributed by atoms with Crippen LogP contribution in [0.4, 0.5) is 17.1 Å². The minimum atomic E-state index is -0.469. The first kappa shape index (κ1) is 16.2. The van der Waals surface area contributed by atoms with E-state index in [9.17, 15) is 14.9 Å². The topological polar surface area (TPSA) is 75.5 Å². The zero-order chi connectivity index (χ0) is 16.8. The van der Waals surface area contributed by atoms with E-state index in [1.165, 1.54) is 24.3 Å². The van der Waals surface area contributed by atoms with Gasteiger partial charge < -0.3 is 10.2 Å². The fourth-order valence-electron chi connectivity index (χ4n) is 1.94. The standard InChI is InChI=1S/C17H17N3O3/c1-19(2)15-9-7-14(8-10-15)18-17(21)11-6-13-4-3-5-16(12-13)20(22)23/h3-12H,1-2H3,(H,18,21). The van der Waals surface area contributed by atoms with Crippen molar-refractivity contribution in [2.24, 2.45) is 0 Å². The lowest BCUT2D eigenvalue weighted by Crippen LogP contribution is -2.10. The van der Waals surface area contributed by atoms with Crippen LogP contribution in [0.2, 0.25) is 0 Å². The summed E-state index contributed by atoms with van der Waals surface area (Å²) in [6.07, 6.45) is 2.88. The van der Waals surface area contributed by atoms with E-state index in [1.807, 2.05) is 43.3 Å². The second-order valence-electron chi connectivity index (χ2n) is 5.12. The number of non-ortho nitro benzene ring substituents is 1. The van der Waals surface area contributed by atoms with E-state index in [4.69, 9.17) is 0 Å². The van der Waals surface area contributed by atoms with Crippen molar-refractivity contribution in [3.05, 3.63) is 70.3 Å². The minimum Gasteiger partial charge on any atom is -0.378 e. The third-order valence-corrected chi connectivity index (χ3v) is 3.16.